The summed E-state index contributed by atoms with van der Waals surface area (Å²) in [5.74, 6) is -1.52. The fourth-order valence-electron chi connectivity index (χ4n) is 2.46. The van der Waals surface area contributed by atoms with E-state index in [1.54, 1.807) is 24.3 Å². The summed E-state index contributed by atoms with van der Waals surface area (Å²) in [7, 11) is 0. The van der Waals surface area contributed by atoms with Crippen molar-refractivity contribution in [2.24, 2.45) is 0 Å². The summed E-state index contributed by atoms with van der Waals surface area (Å²) in [5.41, 5.74) is 0.0345. The maximum atomic E-state index is 12.3. The molecule has 22 heavy (non-hydrogen) atoms. The van der Waals surface area contributed by atoms with Crippen LogP contribution >= 0.6 is 0 Å². The fourth-order valence-corrected chi connectivity index (χ4v) is 2.46. The molecule has 0 saturated heterocycles. The maximum absolute atomic E-state index is 12.3. The molecule has 112 valence electrons. The molecule has 3 aromatic carbocycles. The highest BCUT2D eigenvalue weighted by molar-refractivity contribution is 6.15. The van der Waals surface area contributed by atoms with Gasteiger partial charge in [0.05, 0.1) is 5.56 Å². The predicted molar refractivity (Wildman–Crippen MR) is 75.1 cm³/mol. The topological polar surface area (TPSA) is 46.5 Å². The summed E-state index contributed by atoms with van der Waals surface area (Å²) >= 11 is 0. The second-order valence-electron chi connectivity index (χ2n) is 4.71. The van der Waals surface area contributed by atoms with Crippen molar-refractivity contribution in [3.8, 4) is 5.75 Å². The molecule has 0 spiro atoms. The zero-order valence-electron chi connectivity index (χ0n) is 11.0. The number of hydrogen-bond acceptors (Lipinski definition) is 2. The Balaban J connectivity index is 2.34. The van der Waals surface area contributed by atoms with E-state index in [1.165, 1.54) is 18.2 Å². The number of carboxylic acid groups (broad SMARTS) is 1. The van der Waals surface area contributed by atoms with Crippen LogP contribution in [0.3, 0.4) is 0 Å². The first kappa shape index (κ1) is 14.2. The van der Waals surface area contributed by atoms with E-state index in [4.69, 9.17) is 0 Å². The van der Waals surface area contributed by atoms with E-state index < -0.39 is 12.3 Å². The van der Waals surface area contributed by atoms with Crippen molar-refractivity contribution >= 4 is 27.5 Å². The highest BCUT2D eigenvalue weighted by Crippen LogP contribution is 2.33. The Morgan fingerprint density at radius 2 is 1.68 bits per heavy atom. The number of alkyl halides is 3. The molecule has 0 unspecified atom stereocenters. The molecule has 0 atom stereocenters. The second kappa shape index (κ2) is 4.91. The lowest BCUT2D eigenvalue weighted by atomic mass is 9.97. The van der Waals surface area contributed by atoms with E-state index >= 15 is 0 Å². The zero-order chi connectivity index (χ0) is 15.9. The second-order valence-corrected chi connectivity index (χ2v) is 4.71. The molecular formula is C16H9F3O3. The van der Waals surface area contributed by atoms with Gasteiger partial charge in [0.2, 0.25) is 0 Å². The van der Waals surface area contributed by atoms with Crippen molar-refractivity contribution in [2.75, 3.05) is 0 Å². The summed E-state index contributed by atoms with van der Waals surface area (Å²) in [5, 5.41) is 11.3. The number of halogens is 3. The average Bonchev–Trinajstić information content (AvgIpc) is 2.44. The molecule has 0 fully saturated rings. The molecule has 0 aliphatic rings. The fraction of sp³-hybridized carbons (Fsp3) is 0.0625. The third kappa shape index (κ3) is 2.55. The molecule has 0 bridgehead atoms. The van der Waals surface area contributed by atoms with Crippen molar-refractivity contribution in [1.29, 1.82) is 0 Å². The zero-order valence-corrected chi connectivity index (χ0v) is 11.0. The van der Waals surface area contributed by atoms with Crippen LogP contribution in [0.2, 0.25) is 0 Å². The quantitative estimate of drug-likeness (QED) is 0.704. The molecule has 0 amide bonds. The van der Waals surface area contributed by atoms with Gasteiger partial charge in [0.15, 0.2) is 0 Å². The standard InChI is InChI=1S/C16H9F3O3/c17-16(18,19)22-10-5-6-12-13(8-10)11-4-2-1-3-9(11)7-14(12)15(20)21/h1-8H,(H,20,21). The van der Waals surface area contributed by atoms with Crippen molar-refractivity contribution < 1.29 is 27.8 Å². The Labute approximate surface area is 122 Å². The highest BCUT2D eigenvalue weighted by Gasteiger charge is 2.31. The van der Waals surface area contributed by atoms with Crippen LogP contribution in [-0.2, 0) is 0 Å². The van der Waals surface area contributed by atoms with E-state index in [9.17, 15) is 23.1 Å². The van der Waals surface area contributed by atoms with Crippen LogP contribution in [0.25, 0.3) is 21.5 Å². The Bertz CT molecular complexity index is 885. The van der Waals surface area contributed by atoms with Gasteiger partial charge in [-0.3, -0.25) is 0 Å². The van der Waals surface area contributed by atoms with Gasteiger partial charge >= 0.3 is 12.3 Å². The first-order valence-electron chi connectivity index (χ1n) is 6.30. The van der Waals surface area contributed by atoms with E-state index in [2.05, 4.69) is 4.74 Å². The number of benzene rings is 3. The van der Waals surface area contributed by atoms with Crippen LogP contribution in [0.5, 0.6) is 5.75 Å². The molecule has 1 N–H and O–H groups in total. The van der Waals surface area contributed by atoms with Crippen LogP contribution in [0, 0.1) is 0 Å². The third-order valence-corrected chi connectivity index (χ3v) is 3.30. The van der Waals surface area contributed by atoms with Gasteiger partial charge in [0, 0.05) is 0 Å². The summed E-state index contributed by atoms with van der Waals surface area (Å²) in [6, 6.07) is 12.0. The summed E-state index contributed by atoms with van der Waals surface area (Å²) in [6.45, 7) is 0. The van der Waals surface area contributed by atoms with Gasteiger partial charge < -0.3 is 9.84 Å². The minimum atomic E-state index is -4.80. The van der Waals surface area contributed by atoms with Crippen molar-refractivity contribution in [3.05, 3.63) is 54.1 Å². The lowest BCUT2D eigenvalue weighted by molar-refractivity contribution is -0.274. The molecule has 0 heterocycles. The summed E-state index contributed by atoms with van der Waals surface area (Å²) in [6.07, 6.45) is -4.80. The number of fused-ring (bicyclic) bond motifs is 3. The number of carboxylic acids is 1. The minimum Gasteiger partial charge on any atom is -0.478 e. The van der Waals surface area contributed by atoms with Crippen LogP contribution in [0.4, 0.5) is 13.2 Å². The Morgan fingerprint density at radius 1 is 0.955 bits per heavy atom. The normalized spacial score (nSPS) is 11.8. The van der Waals surface area contributed by atoms with Crippen LogP contribution in [-0.4, -0.2) is 17.4 Å². The molecule has 3 nitrogen and oxygen atoms in total. The van der Waals surface area contributed by atoms with Gasteiger partial charge in [-0.25, -0.2) is 4.79 Å². The van der Waals surface area contributed by atoms with E-state index in [-0.39, 0.29) is 11.3 Å². The van der Waals surface area contributed by atoms with Gasteiger partial charge in [-0.05, 0) is 45.8 Å². The van der Waals surface area contributed by atoms with Crippen LogP contribution in [0.1, 0.15) is 10.4 Å². The Kier molecular flexibility index (Phi) is 3.16. The summed E-state index contributed by atoms with van der Waals surface area (Å²) < 4.78 is 41.0. The monoisotopic (exact) mass is 306 g/mol. The molecule has 0 saturated carbocycles. The summed E-state index contributed by atoms with van der Waals surface area (Å²) in [4.78, 5) is 11.4. The third-order valence-electron chi connectivity index (χ3n) is 3.30. The predicted octanol–water partition coefficient (Wildman–Crippen LogP) is 4.59. The van der Waals surface area contributed by atoms with Crippen molar-refractivity contribution in [3.63, 3.8) is 0 Å². The maximum Gasteiger partial charge on any atom is 0.573 e. The van der Waals surface area contributed by atoms with E-state index in [1.807, 2.05) is 0 Å². The first-order valence-corrected chi connectivity index (χ1v) is 6.30. The van der Waals surface area contributed by atoms with Gasteiger partial charge in [0.25, 0.3) is 0 Å². The highest BCUT2D eigenvalue weighted by atomic mass is 19.4. The molecule has 0 aliphatic heterocycles. The molecular weight excluding hydrogens is 297 g/mol. The SMILES string of the molecule is O=C(O)c1cc2ccccc2c2cc(OC(F)(F)F)ccc12. The molecule has 3 rings (SSSR count). The lowest BCUT2D eigenvalue weighted by Gasteiger charge is -2.12. The molecule has 0 aliphatic carbocycles. The number of hydrogen-bond donors (Lipinski definition) is 1. The van der Waals surface area contributed by atoms with Gasteiger partial charge in [0.1, 0.15) is 5.75 Å². The molecule has 6 heteroatoms. The number of ether oxygens (including phenoxy) is 1. The first-order chi connectivity index (χ1) is 10.3. The number of aromatic carboxylic acids is 1. The molecule has 0 aromatic heterocycles. The number of rotatable bonds is 2. The van der Waals surface area contributed by atoms with Gasteiger partial charge in [-0.15, -0.1) is 13.2 Å². The molecule has 3 aromatic rings. The number of carbonyl (C=O) groups is 1. The average molecular weight is 306 g/mol. The van der Waals surface area contributed by atoms with Gasteiger partial charge in [-0.2, -0.15) is 0 Å². The minimum absolute atomic E-state index is 0.0345. The van der Waals surface area contributed by atoms with Crippen LogP contribution < -0.4 is 4.74 Å². The van der Waals surface area contributed by atoms with Crippen molar-refractivity contribution in [2.45, 2.75) is 6.36 Å². The van der Waals surface area contributed by atoms with E-state index in [0.717, 1.165) is 6.07 Å². The largest absolute Gasteiger partial charge is 0.573 e. The Morgan fingerprint density at radius 3 is 2.36 bits per heavy atom. The molecule has 0 radical (unpaired) electrons. The lowest BCUT2D eigenvalue weighted by Crippen LogP contribution is -2.17. The van der Waals surface area contributed by atoms with Crippen molar-refractivity contribution in [1.82, 2.24) is 0 Å². The van der Waals surface area contributed by atoms with E-state index in [0.29, 0.717) is 21.5 Å². The van der Waals surface area contributed by atoms with Crippen LogP contribution in [0.15, 0.2) is 48.5 Å². The smallest absolute Gasteiger partial charge is 0.478 e. The van der Waals surface area contributed by atoms with Gasteiger partial charge in [-0.1, -0.05) is 24.3 Å². The Hall–Kier alpha value is -2.76.